The van der Waals surface area contributed by atoms with Gasteiger partial charge in [0, 0.05) is 12.3 Å². The third-order valence-corrected chi connectivity index (χ3v) is 4.48. The Bertz CT molecular complexity index is 367. The molecule has 0 aliphatic carbocycles. The fourth-order valence-electron chi connectivity index (χ4n) is 2.09. The molecule has 0 saturated heterocycles. The molecule has 0 aliphatic rings. The Morgan fingerprint density at radius 2 is 2.00 bits per heavy atom. The minimum atomic E-state index is 0.167. The van der Waals surface area contributed by atoms with Gasteiger partial charge < -0.3 is 5.32 Å². The Morgan fingerprint density at radius 1 is 1.25 bits per heavy atom. The number of hydrogen-bond donors (Lipinski definition) is 1. The molecule has 0 heterocycles. The Hall–Kier alpha value is -0.960. The van der Waals surface area contributed by atoms with Gasteiger partial charge in [0.1, 0.15) is 0 Å². The number of carbonyl (C=O) groups excluding carboxylic acids is 1. The molecular formula is C17H27NOS. The average molecular weight is 293 g/mol. The van der Waals surface area contributed by atoms with E-state index in [0.717, 1.165) is 18.7 Å². The van der Waals surface area contributed by atoms with E-state index in [-0.39, 0.29) is 5.91 Å². The van der Waals surface area contributed by atoms with Gasteiger partial charge in [-0.3, -0.25) is 4.79 Å². The minimum absolute atomic E-state index is 0.167. The molecular weight excluding hydrogens is 266 g/mol. The molecule has 3 heteroatoms. The molecule has 0 bridgehead atoms. The maximum atomic E-state index is 11.8. The normalized spacial score (nSPS) is 12.1. The smallest absolute Gasteiger partial charge is 0.230 e. The van der Waals surface area contributed by atoms with Crippen molar-refractivity contribution in [3.05, 3.63) is 35.9 Å². The molecule has 0 aromatic heterocycles. The molecule has 0 fully saturated rings. The summed E-state index contributed by atoms with van der Waals surface area (Å²) in [6.07, 6.45) is 4.87. The Labute approximate surface area is 127 Å². The van der Waals surface area contributed by atoms with E-state index in [0.29, 0.717) is 11.7 Å². The summed E-state index contributed by atoms with van der Waals surface area (Å²) in [7, 11) is 0. The first-order valence-electron chi connectivity index (χ1n) is 7.64. The molecule has 1 aromatic carbocycles. The van der Waals surface area contributed by atoms with Crippen molar-refractivity contribution in [2.45, 2.75) is 45.3 Å². The first kappa shape index (κ1) is 17.1. The molecule has 2 nitrogen and oxygen atoms in total. The predicted molar refractivity (Wildman–Crippen MR) is 88.9 cm³/mol. The van der Waals surface area contributed by atoms with Crippen molar-refractivity contribution < 1.29 is 4.79 Å². The number of thioether (sulfide) groups is 1. The van der Waals surface area contributed by atoms with E-state index in [1.165, 1.54) is 24.8 Å². The highest BCUT2D eigenvalue weighted by Gasteiger charge is 2.08. The third kappa shape index (κ3) is 7.59. The quantitative estimate of drug-likeness (QED) is 0.698. The van der Waals surface area contributed by atoms with Crippen LogP contribution in [0.15, 0.2) is 30.3 Å². The van der Waals surface area contributed by atoms with Crippen LogP contribution in [-0.2, 0) is 10.5 Å². The second kappa shape index (κ2) is 10.8. The van der Waals surface area contributed by atoms with E-state index in [9.17, 15) is 4.79 Å². The SMILES string of the molecule is CCCCC(CC)CNC(=O)CSCc1ccccc1. The van der Waals surface area contributed by atoms with Gasteiger partial charge in [-0.2, -0.15) is 0 Å². The highest BCUT2D eigenvalue weighted by Crippen LogP contribution is 2.13. The highest BCUT2D eigenvalue weighted by atomic mass is 32.2. The van der Waals surface area contributed by atoms with Crippen molar-refractivity contribution in [3.8, 4) is 0 Å². The fraction of sp³-hybridized carbons (Fsp3) is 0.588. The van der Waals surface area contributed by atoms with Gasteiger partial charge in [-0.15, -0.1) is 11.8 Å². The molecule has 0 spiro atoms. The van der Waals surface area contributed by atoms with E-state index in [1.807, 2.05) is 18.2 Å². The molecule has 0 aliphatic heterocycles. The van der Waals surface area contributed by atoms with Crippen LogP contribution < -0.4 is 5.32 Å². The van der Waals surface area contributed by atoms with Gasteiger partial charge in [0.05, 0.1) is 5.75 Å². The first-order chi connectivity index (χ1) is 9.76. The van der Waals surface area contributed by atoms with Crippen molar-refractivity contribution in [1.82, 2.24) is 5.32 Å². The van der Waals surface area contributed by atoms with Crippen molar-refractivity contribution in [1.29, 1.82) is 0 Å². The summed E-state index contributed by atoms with van der Waals surface area (Å²) in [5.41, 5.74) is 1.28. The molecule has 1 rings (SSSR count). The zero-order valence-electron chi connectivity index (χ0n) is 12.7. The summed E-state index contributed by atoms with van der Waals surface area (Å²) in [6.45, 7) is 5.25. The molecule has 1 aromatic rings. The second-order valence-corrected chi connectivity index (χ2v) is 6.18. The summed E-state index contributed by atoms with van der Waals surface area (Å²) in [5.74, 6) is 2.26. The van der Waals surface area contributed by atoms with Crippen LogP contribution in [0.2, 0.25) is 0 Å². The molecule has 20 heavy (non-hydrogen) atoms. The topological polar surface area (TPSA) is 29.1 Å². The Balaban J connectivity index is 2.13. The van der Waals surface area contributed by atoms with Crippen LogP contribution in [-0.4, -0.2) is 18.2 Å². The third-order valence-electron chi connectivity index (χ3n) is 3.48. The molecule has 1 unspecified atom stereocenters. The predicted octanol–water partition coefficient (Wildman–Crippen LogP) is 4.25. The van der Waals surface area contributed by atoms with Crippen LogP contribution in [0, 0.1) is 5.92 Å². The van der Waals surface area contributed by atoms with Crippen LogP contribution in [0.25, 0.3) is 0 Å². The zero-order chi connectivity index (χ0) is 14.6. The van der Waals surface area contributed by atoms with Crippen LogP contribution in [0.1, 0.15) is 45.1 Å². The van der Waals surface area contributed by atoms with Crippen LogP contribution in [0.5, 0.6) is 0 Å². The lowest BCUT2D eigenvalue weighted by Crippen LogP contribution is -2.30. The van der Waals surface area contributed by atoms with Gasteiger partial charge in [0.2, 0.25) is 5.91 Å². The lowest BCUT2D eigenvalue weighted by Gasteiger charge is -2.15. The Kier molecular flexibility index (Phi) is 9.22. The summed E-state index contributed by atoms with van der Waals surface area (Å²) in [5, 5.41) is 3.07. The number of amides is 1. The summed E-state index contributed by atoms with van der Waals surface area (Å²) in [6, 6.07) is 10.3. The van der Waals surface area contributed by atoms with E-state index in [2.05, 4.69) is 31.3 Å². The van der Waals surface area contributed by atoms with E-state index in [4.69, 9.17) is 0 Å². The Morgan fingerprint density at radius 3 is 2.65 bits per heavy atom. The van der Waals surface area contributed by atoms with E-state index < -0.39 is 0 Å². The highest BCUT2D eigenvalue weighted by molar-refractivity contribution is 7.99. The monoisotopic (exact) mass is 293 g/mol. The molecule has 1 amide bonds. The average Bonchev–Trinajstić information content (AvgIpc) is 2.48. The van der Waals surface area contributed by atoms with Gasteiger partial charge in [-0.05, 0) is 17.9 Å². The number of carbonyl (C=O) groups is 1. The number of benzene rings is 1. The first-order valence-corrected chi connectivity index (χ1v) is 8.80. The van der Waals surface area contributed by atoms with E-state index >= 15 is 0 Å². The van der Waals surface area contributed by atoms with Crippen LogP contribution >= 0.6 is 11.8 Å². The van der Waals surface area contributed by atoms with Gasteiger partial charge in [0.15, 0.2) is 0 Å². The van der Waals surface area contributed by atoms with Crippen LogP contribution in [0.3, 0.4) is 0 Å². The van der Waals surface area contributed by atoms with Crippen LogP contribution in [0.4, 0.5) is 0 Å². The van der Waals surface area contributed by atoms with Crippen molar-refractivity contribution >= 4 is 17.7 Å². The fourth-order valence-corrected chi connectivity index (χ4v) is 2.91. The van der Waals surface area contributed by atoms with Crippen molar-refractivity contribution in [2.24, 2.45) is 5.92 Å². The summed E-state index contributed by atoms with van der Waals surface area (Å²) < 4.78 is 0. The van der Waals surface area contributed by atoms with Gasteiger partial charge in [-0.1, -0.05) is 63.4 Å². The minimum Gasteiger partial charge on any atom is -0.355 e. The maximum Gasteiger partial charge on any atom is 0.230 e. The summed E-state index contributed by atoms with van der Waals surface area (Å²) >= 11 is 1.68. The van der Waals surface area contributed by atoms with E-state index in [1.54, 1.807) is 11.8 Å². The lowest BCUT2D eigenvalue weighted by atomic mass is 9.99. The molecule has 1 N–H and O–H groups in total. The zero-order valence-corrected chi connectivity index (χ0v) is 13.5. The molecule has 0 radical (unpaired) electrons. The largest absolute Gasteiger partial charge is 0.355 e. The number of rotatable bonds is 10. The number of unbranched alkanes of at least 4 members (excludes halogenated alkanes) is 1. The number of hydrogen-bond acceptors (Lipinski definition) is 2. The van der Waals surface area contributed by atoms with Gasteiger partial charge in [-0.25, -0.2) is 0 Å². The second-order valence-electron chi connectivity index (χ2n) is 5.20. The number of nitrogens with one attached hydrogen (secondary N) is 1. The molecule has 0 saturated carbocycles. The standard InChI is InChI=1S/C17H27NOS/c1-3-5-9-15(4-2)12-18-17(19)14-20-13-16-10-7-6-8-11-16/h6-8,10-11,15H,3-5,9,12-14H2,1-2H3,(H,18,19). The lowest BCUT2D eigenvalue weighted by molar-refractivity contribution is -0.118. The molecule has 1 atom stereocenters. The van der Waals surface area contributed by atoms with Crippen molar-refractivity contribution in [3.63, 3.8) is 0 Å². The summed E-state index contributed by atoms with van der Waals surface area (Å²) in [4.78, 5) is 11.8. The van der Waals surface area contributed by atoms with Crippen molar-refractivity contribution in [2.75, 3.05) is 12.3 Å². The van der Waals surface area contributed by atoms with Gasteiger partial charge in [0.25, 0.3) is 0 Å². The van der Waals surface area contributed by atoms with Gasteiger partial charge >= 0.3 is 0 Å². The maximum absolute atomic E-state index is 11.8. The molecule has 112 valence electrons.